The molecule has 0 unspecified atom stereocenters. The molecule has 1 aliphatic heterocycles. The van der Waals surface area contributed by atoms with Crippen molar-refractivity contribution in [3.63, 3.8) is 0 Å². The molecule has 8 nitrogen and oxygen atoms in total. The summed E-state index contributed by atoms with van der Waals surface area (Å²) in [4.78, 5) is 12.7. The fourth-order valence-corrected chi connectivity index (χ4v) is 6.08. The summed E-state index contributed by atoms with van der Waals surface area (Å²) in [5.41, 5.74) is 1.98. The molecule has 0 spiro atoms. The van der Waals surface area contributed by atoms with Crippen molar-refractivity contribution in [1.82, 2.24) is 14.5 Å². The molecule has 0 radical (unpaired) electrons. The number of rotatable bonds is 7. The molecule has 4 rings (SSSR count). The van der Waals surface area contributed by atoms with Crippen LogP contribution >= 0.6 is 11.3 Å². The van der Waals surface area contributed by atoms with Gasteiger partial charge in [-0.2, -0.15) is 15.6 Å². The molecule has 32 heavy (non-hydrogen) atoms. The number of anilines is 1. The van der Waals surface area contributed by atoms with Gasteiger partial charge in [-0.3, -0.25) is 4.79 Å². The van der Waals surface area contributed by atoms with Crippen molar-refractivity contribution in [3.05, 3.63) is 46.5 Å². The first-order chi connectivity index (χ1) is 15.4. The molecule has 1 fully saturated rings. The molecule has 0 bridgehead atoms. The Kier molecular flexibility index (Phi) is 7.02. The van der Waals surface area contributed by atoms with E-state index in [1.807, 2.05) is 16.8 Å². The number of carbonyl (C=O) groups is 1. The van der Waals surface area contributed by atoms with Crippen LogP contribution in [0.1, 0.15) is 43.6 Å². The number of thiophene rings is 1. The first-order valence-corrected chi connectivity index (χ1v) is 13.1. The Morgan fingerprint density at radius 1 is 1.16 bits per heavy atom. The van der Waals surface area contributed by atoms with Crippen molar-refractivity contribution in [2.45, 2.75) is 50.3 Å². The first-order valence-electron chi connectivity index (χ1n) is 10.7. The van der Waals surface area contributed by atoms with Gasteiger partial charge in [-0.05, 0) is 48.9 Å². The van der Waals surface area contributed by atoms with Crippen LogP contribution in [0.4, 0.5) is 5.69 Å². The lowest BCUT2D eigenvalue weighted by molar-refractivity contribution is -0.116. The van der Waals surface area contributed by atoms with E-state index in [1.54, 1.807) is 29.4 Å². The summed E-state index contributed by atoms with van der Waals surface area (Å²) in [5, 5.41) is 14.6. The second-order valence-corrected chi connectivity index (χ2v) is 10.5. The maximum Gasteiger partial charge on any atom is 0.248 e. The van der Waals surface area contributed by atoms with Crippen LogP contribution in [0, 0.1) is 6.92 Å². The van der Waals surface area contributed by atoms with Gasteiger partial charge in [-0.15, -0.1) is 10.2 Å². The van der Waals surface area contributed by atoms with Gasteiger partial charge in [0.1, 0.15) is 0 Å². The third kappa shape index (κ3) is 5.25. The number of hydrogen-bond donors (Lipinski definition) is 1. The zero-order chi connectivity index (χ0) is 22.6. The van der Waals surface area contributed by atoms with E-state index in [9.17, 15) is 13.2 Å². The Bertz CT molecular complexity index is 1160. The Labute approximate surface area is 191 Å². The van der Waals surface area contributed by atoms with E-state index in [4.69, 9.17) is 4.42 Å². The zero-order valence-corrected chi connectivity index (χ0v) is 19.5. The van der Waals surface area contributed by atoms with Gasteiger partial charge in [0.25, 0.3) is 0 Å². The van der Waals surface area contributed by atoms with Crippen LogP contribution in [-0.2, 0) is 21.2 Å². The predicted molar refractivity (Wildman–Crippen MR) is 123 cm³/mol. The van der Waals surface area contributed by atoms with E-state index in [0.29, 0.717) is 42.5 Å². The molecule has 0 aliphatic carbocycles. The number of nitrogens with one attached hydrogen (secondary N) is 1. The zero-order valence-electron chi connectivity index (χ0n) is 17.9. The second kappa shape index (κ2) is 9.93. The summed E-state index contributed by atoms with van der Waals surface area (Å²) in [7, 11) is -3.60. The monoisotopic (exact) mass is 474 g/mol. The molecule has 3 heterocycles. The van der Waals surface area contributed by atoms with Crippen LogP contribution in [0.25, 0.3) is 11.5 Å². The third-order valence-corrected chi connectivity index (χ3v) is 8.18. The maximum atomic E-state index is 13.2. The number of aromatic nitrogens is 2. The van der Waals surface area contributed by atoms with Crippen LogP contribution in [-0.4, -0.2) is 41.9 Å². The van der Waals surface area contributed by atoms with E-state index in [1.165, 1.54) is 11.3 Å². The minimum atomic E-state index is -3.60. The van der Waals surface area contributed by atoms with Crippen molar-refractivity contribution in [3.8, 4) is 11.5 Å². The molecule has 2 aromatic heterocycles. The van der Waals surface area contributed by atoms with Gasteiger partial charge in [0, 0.05) is 42.6 Å². The standard InChI is InChI=1S/C22H26N4O4S2/c1-16-6-7-18(14-19(16)32(28,29)26-11-4-2-3-5-12-26)23-20(27)8-9-21-24-25-22(30-21)17-10-13-31-15-17/h6-7,10,13-15H,2-5,8-9,11-12H2,1H3,(H,23,27). The molecule has 1 amide bonds. The third-order valence-electron chi connectivity index (χ3n) is 5.46. The van der Waals surface area contributed by atoms with E-state index in [2.05, 4.69) is 15.5 Å². The number of nitrogens with zero attached hydrogens (tertiary/aromatic N) is 3. The highest BCUT2D eigenvalue weighted by molar-refractivity contribution is 7.89. The van der Waals surface area contributed by atoms with Crippen LogP contribution < -0.4 is 5.32 Å². The van der Waals surface area contributed by atoms with Crippen molar-refractivity contribution in [2.24, 2.45) is 0 Å². The van der Waals surface area contributed by atoms with Gasteiger partial charge in [-0.1, -0.05) is 18.9 Å². The highest BCUT2D eigenvalue weighted by Crippen LogP contribution is 2.26. The summed E-state index contributed by atoms with van der Waals surface area (Å²) >= 11 is 1.54. The molecule has 1 saturated heterocycles. The number of benzene rings is 1. The number of amides is 1. The largest absolute Gasteiger partial charge is 0.421 e. The van der Waals surface area contributed by atoms with E-state index in [-0.39, 0.29) is 17.2 Å². The van der Waals surface area contributed by atoms with Crippen LogP contribution in [0.2, 0.25) is 0 Å². The van der Waals surface area contributed by atoms with Gasteiger partial charge in [-0.25, -0.2) is 8.42 Å². The predicted octanol–water partition coefficient (Wildman–Crippen LogP) is 4.24. The Hall–Kier alpha value is -2.56. The molecule has 0 atom stereocenters. The number of aryl methyl sites for hydroxylation is 2. The number of sulfonamides is 1. The topological polar surface area (TPSA) is 105 Å². The van der Waals surface area contributed by atoms with Crippen molar-refractivity contribution in [1.29, 1.82) is 0 Å². The molecule has 1 aliphatic rings. The van der Waals surface area contributed by atoms with Crippen molar-refractivity contribution in [2.75, 3.05) is 18.4 Å². The molecular formula is C22H26N4O4S2. The summed E-state index contributed by atoms with van der Waals surface area (Å²) in [6, 6.07) is 6.89. The summed E-state index contributed by atoms with van der Waals surface area (Å²) in [5.74, 6) is 0.570. The molecule has 3 aromatic rings. The molecule has 1 aromatic carbocycles. The molecule has 1 N–H and O–H groups in total. The quantitative estimate of drug-likeness (QED) is 0.549. The van der Waals surface area contributed by atoms with E-state index < -0.39 is 10.0 Å². The smallest absolute Gasteiger partial charge is 0.248 e. The maximum absolute atomic E-state index is 13.2. The molecular weight excluding hydrogens is 448 g/mol. The number of carbonyl (C=O) groups excluding carboxylic acids is 1. The molecule has 0 saturated carbocycles. The molecule has 170 valence electrons. The van der Waals surface area contributed by atoms with Crippen LogP contribution in [0.3, 0.4) is 0 Å². The van der Waals surface area contributed by atoms with Gasteiger partial charge in [0.05, 0.1) is 4.90 Å². The lowest BCUT2D eigenvalue weighted by atomic mass is 10.2. The highest BCUT2D eigenvalue weighted by atomic mass is 32.2. The second-order valence-electron chi connectivity index (χ2n) is 7.86. The average Bonchev–Trinajstić information content (AvgIpc) is 3.39. The lowest BCUT2D eigenvalue weighted by Gasteiger charge is -2.21. The Morgan fingerprint density at radius 3 is 2.66 bits per heavy atom. The summed E-state index contributed by atoms with van der Waals surface area (Å²) in [6.45, 7) is 2.85. The van der Waals surface area contributed by atoms with E-state index in [0.717, 1.165) is 31.2 Å². The summed E-state index contributed by atoms with van der Waals surface area (Å²) in [6.07, 6.45) is 4.30. The fourth-order valence-electron chi connectivity index (χ4n) is 3.68. The fraction of sp³-hybridized carbons (Fsp3) is 0.409. The minimum Gasteiger partial charge on any atom is -0.421 e. The van der Waals surface area contributed by atoms with E-state index >= 15 is 0 Å². The lowest BCUT2D eigenvalue weighted by Crippen LogP contribution is -2.32. The van der Waals surface area contributed by atoms with Crippen molar-refractivity contribution >= 4 is 33.0 Å². The molecule has 10 heteroatoms. The van der Waals surface area contributed by atoms with Crippen molar-refractivity contribution < 1.29 is 17.6 Å². The average molecular weight is 475 g/mol. The SMILES string of the molecule is Cc1ccc(NC(=O)CCc2nnc(-c3ccsc3)o2)cc1S(=O)(=O)N1CCCCCC1. The first kappa shape index (κ1) is 22.6. The normalized spacial score (nSPS) is 15.4. The van der Waals surface area contributed by atoms with Gasteiger partial charge in [0.15, 0.2) is 0 Å². The van der Waals surface area contributed by atoms with Gasteiger partial charge < -0.3 is 9.73 Å². The van der Waals surface area contributed by atoms with Crippen LogP contribution in [0.5, 0.6) is 0 Å². The van der Waals surface area contributed by atoms with Gasteiger partial charge in [0.2, 0.25) is 27.7 Å². The Morgan fingerprint density at radius 2 is 1.94 bits per heavy atom. The van der Waals surface area contributed by atoms with Crippen LogP contribution in [0.15, 0.2) is 44.3 Å². The Balaban J connectivity index is 1.40. The number of hydrogen-bond acceptors (Lipinski definition) is 7. The van der Waals surface area contributed by atoms with Gasteiger partial charge >= 0.3 is 0 Å². The minimum absolute atomic E-state index is 0.146. The highest BCUT2D eigenvalue weighted by Gasteiger charge is 2.27. The summed E-state index contributed by atoms with van der Waals surface area (Å²) < 4.78 is 33.6.